The summed E-state index contributed by atoms with van der Waals surface area (Å²) in [6.07, 6.45) is 0. The molecule has 0 atom stereocenters. The molecule has 0 saturated heterocycles. The number of carbonyl (C=O) groups is 2. The third-order valence-electron chi connectivity index (χ3n) is 4.35. The van der Waals surface area contributed by atoms with Gasteiger partial charge in [0.15, 0.2) is 6.61 Å². The molecular weight excluding hydrogens is 388 g/mol. The van der Waals surface area contributed by atoms with Crippen molar-refractivity contribution in [1.82, 2.24) is 0 Å². The van der Waals surface area contributed by atoms with Gasteiger partial charge in [-0.2, -0.15) is 0 Å². The van der Waals surface area contributed by atoms with Gasteiger partial charge in [0.05, 0.1) is 4.92 Å². The zero-order valence-electron chi connectivity index (χ0n) is 15.7. The number of nitro groups is 1. The van der Waals surface area contributed by atoms with Crippen LogP contribution in [0.1, 0.15) is 11.1 Å². The van der Waals surface area contributed by atoms with Crippen LogP contribution < -0.4 is 5.32 Å². The zero-order chi connectivity index (χ0) is 21.6. The molecule has 8 heteroatoms. The Balaban J connectivity index is 1.75. The number of rotatable bonds is 7. The number of aliphatic hydroxyl groups is 1. The summed E-state index contributed by atoms with van der Waals surface area (Å²) >= 11 is 0. The van der Waals surface area contributed by atoms with E-state index >= 15 is 0 Å². The smallest absolute Gasteiger partial charge is 0.348 e. The Morgan fingerprint density at radius 2 is 1.50 bits per heavy atom. The topological polar surface area (TPSA) is 119 Å². The standard InChI is InChI=1S/C22H18N2O6/c25-20(23-18-12-7-13-19(14-18)24(28)29)15-30-21(26)22(27,16-8-3-1-4-9-16)17-10-5-2-6-11-17/h1-14,27H,15H2,(H,23,25). The van der Waals surface area contributed by atoms with E-state index in [4.69, 9.17) is 4.74 Å². The average Bonchev–Trinajstić information content (AvgIpc) is 2.78. The molecule has 0 spiro atoms. The van der Waals surface area contributed by atoms with E-state index < -0.39 is 29.0 Å². The number of hydrogen-bond donors (Lipinski definition) is 2. The monoisotopic (exact) mass is 406 g/mol. The summed E-state index contributed by atoms with van der Waals surface area (Å²) in [5.74, 6) is -1.72. The Kier molecular flexibility index (Phi) is 6.19. The van der Waals surface area contributed by atoms with E-state index in [2.05, 4.69) is 5.32 Å². The van der Waals surface area contributed by atoms with Gasteiger partial charge in [-0.15, -0.1) is 0 Å². The van der Waals surface area contributed by atoms with Gasteiger partial charge in [-0.1, -0.05) is 66.7 Å². The molecule has 8 nitrogen and oxygen atoms in total. The van der Waals surface area contributed by atoms with E-state index in [1.807, 2.05) is 0 Å². The van der Waals surface area contributed by atoms with Crippen LogP contribution in [-0.2, 0) is 19.9 Å². The highest BCUT2D eigenvalue weighted by atomic mass is 16.6. The van der Waals surface area contributed by atoms with Gasteiger partial charge in [0.1, 0.15) is 0 Å². The minimum Gasteiger partial charge on any atom is -0.453 e. The number of hydrogen-bond acceptors (Lipinski definition) is 6. The first-order valence-corrected chi connectivity index (χ1v) is 8.96. The first-order chi connectivity index (χ1) is 14.4. The number of amides is 1. The Hall–Kier alpha value is -4.04. The lowest BCUT2D eigenvalue weighted by Crippen LogP contribution is -2.39. The molecule has 2 N–H and O–H groups in total. The highest BCUT2D eigenvalue weighted by Crippen LogP contribution is 2.31. The molecule has 1 amide bonds. The van der Waals surface area contributed by atoms with Crippen LogP contribution in [0.25, 0.3) is 0 Å². The molecule has 0 aliphatic carbocycles. The lowest BCUT2D eigenvalue weighted by Gasteiger charge is -2.26. The normalized spacial score (nSPS) is 10.8. The fourth-order valence-electron chi connectivity index (χ4n) is 2.89. The number of non-ortho nitro benzene ring substituents is 1. The van der Waals surface area contributed by atoms with Crippen molar-refractivity contribution in [2.45, 2.75) is 5.60 Å². The fraction of sp³-hybridized carbons (Fsp3) is 0.0909. The second-order valence-electron chi connectivity index (χ2n) is 6.37. The molecule has 3 aromatic rings. The van der Waals surface area contributed by atoms with Crippen LogP contribution in [-0.4, -0.2) is 28.5 Å². The Bertz CT molecular complexity index is 1010. The maximum atomic E-state index is 12.8. The summed E-state index contributed by atoms with van der Waals surface area (Å²) in [4.78, 5) is 35.2. The second kappa shape index (κ2) is 8.97. The highest BCUT2D eigenvalue weighted by Gasteiger charge is 2.41. The molecule has 0 heterocycles. The van der Waals surface area contributed by atoms with Crippen molar-refractivity contribution in [2.75, 3.05) is 11.9 Å². The van der Waals surface area contributed by atoms with E-state index in [0.717, 1.165) is 0 Å². The molecule has 0 aliphatic heterocycles. The third-order valence-corrected chi connectivity index (χ3v) is 4.35. The Morgan fingerprint density at radius 1 is 0.933 bits per heavy atom. The van der Waals surface area contributed by atoms with Gasteiger partial charge in [0, 0.05) is 17.8 Å². The Morgan fingerprint density at radius 3 is 2.03 bits per heavy atom. The van der Waals surface area contributed by atoms with E-state index in [9.17, 15) is 24.8 Å². The van der Waals surface area contributed by atoms with Crippen LogP contribution in [0.3, 0.4) is 0 Å². The van der Waals surface area contributed by atoms with Gasteiger partial charge in [-0.3, -0.25) is 14.9 Å². The maximum Gasteiger partial charge on any atom is 0.348 e. The molecule has 30 heavy (non-hydrogen) atoms. The van der Waals surface area contributed by atoms with E-state index in [1.54, 1.807) is 60.7 Å². The predicted octanol–water partition coefficient (Wildman–Crippen LogP) is 3.01. The van der Waals surface area contributed by atoms with Crippen molar-refractivity contribution >= 4 is 23.3 Å². The summed E-state index contributed by atoms with van der Waals surface area (Å²) in [5, 5.41) is 24.5. The molecule has 3 rings (SSSR count). The van der Waals surface area contributed by atoms with Crippen molar-refractivity contribution < 1.29 is 24.4 Å². The largest absolute Gasteiger partial charge is 0.453 e. The van der Waals surface area contributed by atoms with Crippen LogP contribution in [0.4, 0.5) is 11.4 Å². The molecule has 0 unspecified atom stereocenters. The number of nitrogens with zero attached hydrogens (tertiary/aromatic N) is 1. The molecule has 3 aromatic carbocycles. The quantitative estimate of drug-likeness (QED) is 0.354. The van der Waals surface area contributed by atoms with Crippen molar-refractivity contribution in [3.63, 3.8) is 0 Å². The number of nitro benzene ring substituents is 1. The SMILES string of the molecule is O=C(COC(=O)C(O)(c1ccccc1)c1ccccc1)Nc1cccc([N+](=O)[O-])c1. The molecule has 0 aromatic heterocycles. The zero-order valence-corrected chi connectivity index (χ0v) is 15.7. The van der Waals surface area contributed by atoms with Crippen molar-refractivity contribution in [3.05, 3.63) is 106 Å². The van der Waals surface area contributed by atoms with Gasteiger partial charge in [0.25, 0.3) is 11.6 Å². The molecule has 152 valence electrons. The summed E-state index contributed by atoms with van der Waals surface area (Å²) in [6, 6.07) is 21.9. The summed E-state index contributed by atoms with van der Waals surface area (Å²) in [7, 11) is 0. The summed E-state index contributed by atoms with van der Waals surface area (Å²) in [5.41, 5.74) is -1.52. The molecular formula is C22H18N2O6. The van der Waals surface area contributed by atoms with Crippen molar-refractivity contribution in [2.24, 2.45) is 0 Å². The number of anilines is 1. The van der Waals surface area contributed by atoms with Gasteiger partial charge >= 0.3 is 5.97 Å². The van der Waals surface area contributed by atoms with Crippen LogP contribution in [0.5, 0.6) is 0 Å². The molecule has 0 saturated carbocycles. The first kappa shape index (κ1) is 20.7. The van der Waals surface area contributed by atoms with E-state index in [1.165, 1.54) is 24.3 Å². The van der Waals surface area contributed by atoms with Crippen molar-refractivity contribution in [1.29, 1.82) is 0 Å². The molecule has 0 radical (unpaired) electrons. The van der Waals surface area contributed by atoms with E-state index in [0.29, 0.717) is 11.1 Å². The third kappa shape index (κ3) is 4.50. The minimum absolute atomic E-state index is 0.187. The van der Waals surface area contributed by atoms with Gasteiger partial charge < -0.3 is 15.2 Å². The van der Waals surface area contributed by atoms with Gasteiger partial charge in [0.2, 0.25) is 5.60 Å². The predicted molar refractivity (Wildman–Crippen MR) is 109 cm³/mol. The van der Waals surface area contributed by atoms with Crippen LogP contribution in [0, 0.1) is 10.1 Å². The van der Waals surface area contributed by atoms with Crippen LogP contribution >= 0.6 is 0 Å². The minimum atomic E-state index is -2.10. The average molecular weight is 406 g/mol. The fourth-order valence-corrected chi connectivity index (χ4v) is 2.89. The lowest BCUT2D eigenvalue weighted by molar-refractivity contribution is -0.384. The highest BCUT2D eigenvalue weighted by molar-refractivity contribution is 5.94. The first-order valence-electron chi connectivity index (χ1n) is 8.96. The number of ether oxygens (including phenoxy) is 1. The summed E-state index contributed by atoms with van der Waals surface area (Å²) in [6.45, 7) is -0.677. The molecule has 0 fully saturated rings. The van der Waals surface area contributed by atoms with Gasteiger partial charge in [-0.25, -0.2) is 4.79 Å². The number of benzene rings is 3. The molecule has 0 aliphatic rings. The van der Waals surface area contributed by atoms with Gasteiger partial charge in [-0.05, 0) is 17.2 Å². The molecule has 0 bridgehead atoms. The van der Waals surface area contributed by atoms with Crippen LogP contribution in [0.2, 0.25) is 0 Å². The second-order valence-corrected chi connectivity index (χ2v) is 6.37. The number of nitrogens with one attached hydrogen (secondary N) is 1. The van der Waals surface area contributed by atoms with Crippen molar-refractivity contribution in [3.8, 4) is 0 Å². The lowest BCUT2D eigenvalue weighted by atomic mass is 9.86. The maximum absolute atomic E-state index is 12.8. The number of carbonyl (C=O) groups excluding carboxylic acids is 2. The van der Waals surface area contributed by atoms with E-state index in [-0.39, 0.29) is 11.4 Å². The summed E-state index contributed by atoms with van der Waals surface area (Å²) < 4.78 is 5.09. The number of esters is 1. The Labute approximate surface area is 171 Å². The van der Waals surface area contributed by atoms with Crippen LogP contribution in [0.15, 0.2) is 84.9 Å².